The zero-order valence-corrected chi connectivity index (χ0v) is 6.85. The summed E-state index contributed by atoms with van der Waals surface area (Å²) in [5, 5.41) is 5.45. The van der Waals surface area contributed by atoms with E-state index in [0.29, 0.717) is 6.54 Å². The molecule has 3 heteroatoms. The van der Waals surface area contributed by atoms with E-state index in [0.717, 1.165) is 11.3 Å². The molecule has 0 atom stereocenters. The first-order valence-electron chi connectivity index (χ1n) is 3.90. The first-order chi connectivity index (χ1) is 5.75. The second-order valence-electron chi connectivity index (χ2n) is 2.97. The molecule has 2 rings (SSSR count). The first-order valence-corrected chi connectivity index (χ1v) is 3.90. The van der Waals surface area contributed by atoms with Gasteiger partial charge in [0.2, 0.25) is 0 Å². The van der Waals surface area contributed by atoms with Crippen LogP contribution in [-0.2, 0) is 6.54 Å². The lowest BCUT2D eigenvalue weighted by atomic mass is 10.1. The van der Waals surface area contributed by atoms with Crippen LogP contribution in [-0.4, -0.2) is 6.03 Å². The summed E-state index contributed by atoms with van der Waals surface area (Å²) in [4.78, 5) is 10.9. The quantitative estimate of drug-likeness (QED) is 0.598. The summed E-state index contributed by atoms with van der Waals surface area (Å²) in [5.74, 6) is 0. The summed E-state index contributed by atoms with van der Waals surface area (Å²) in [6.45, 7) is 2.67. The average Bonchev–Trinajstić information content (AvgIpc) is 2.05. The molecule has 0 spiro atoms. The summed E-state index contributed by atoms with van der Waals surface area (Å²) in [6.07, 6.45) is 0. The monoisotopic (exact) mass is 162 g/mol. The lowest BCUT2D eigenvalue weighted by Crippen LogP contribution is -2.33. The smallest absolute Gasteiger partial charge is 0.319 e. The molecular formula is C9H10N2O. The zero-order valence-electron chi connectivity index (χ0n) is 6.85. The Morgan fingerprint density at radius 3 is 3.08 bits per heavy atom. The van der Waals surface area contributed by atoms with Crippen LogP contribution >= 0.6 is 0 Å². The zero-order chi connectivity index (χ0) is 8.55. The Labute approximate surface area is 70.8 Å². The summed E-state index contributed by atoms with van der Waals surface area (Å²) in [6, 6.07) is 5.88. The number of fused-ring (bicyclic) bond motifs is 1. The highest BCUT2D eigenvalue weighted by Crippen LogP contribution is 2.19. The van der Waals surface area contributed by atoms with Gasteiger partial charge < -0.3 is 10.6 Å². The molecule has 0 saturated heterocycles. The molecule has 0 unspecified atom stereocenters. The van der Waals surface area contributed by atoms with Crippen LogP contribution in [0.3, 0.4) is 0 Å². The second kappa shape index (κ2) is 2.52. The number of urea groups is 1. The average molecular weight is 162 g/mol. The van der Waals surface area contributed by atoms with E-state index in [9.17, 15) is 4.79 Å². The fourth-order valence-corrected chi connectivity index (χ4v) is 1.33. The Morgan fingerprint density at radius 1 is 1.42 bits per heavy atom. The van der Waals surface area contributed by atoms with E-state index in [-0.39, 0.29) is 6.03 Å². The fraction of sp³-hybridized carbons (Fsp3) is 0.222. The van der Waals surface area contributed by atoms with Crippen molar-refractivity contribution in [2.75, 3.05) is 5.32 Å². The van der Waals surface area contributed by atoms with Crippen LogP contribution in [0.15, 0.2) is 18.2 Å². The van der Waals surface area contributed by atoms with E-state index >= 15 is 0 Å². The molecule has 12 heavy (non-hydrogen) atoms. The predicted molar refractivity (Wildman–Crippen MR) is 47.0 cm³/mol. The van der Waals surface area contributed by atoms with Crippen molar-refractivity contribution in [2.45, 2.75) is 13.5 Å². The van der Waals surface area contributed by atoms with Crippen LogP contribution in [0.25, 0.3) is 0 Å². The molecule has 0 aromatic heterocycles. The molecule has 1 heterocycles. The number of carbonyl (C=O) groups is 1. The van der Waals surface area contributed by atoms with Crippen LogP contribution in [0.1, 0.15) is 11.1 Å². The summed E-state index contributed by atoms with van der Waals surface area (Å²) >= 11 is 0. The molecule has 0 fully saturated rings. The van der Waals surface area contributed by atoms with Gasteiger partial charge in [0.05, 0.1) is 0 Å². The van der Waals surface area contributed by atoms with Gasteiger partial charge in [0.25, 0.3) is 0 Å². The number of hydrogen-bond donors (Lipinski definition) is 2. The Bertz CT molecular complexity index is 333. The topological polar surface area (TPSA) is 41.1 Å². The van der Waals surface area contributed by atoms with Crippen LogP contribution in [0, 0.1) is 6.92 Å². The van der Waals surface area contributed by atoms with Gasteiger partial charge in [-0.2, -0.15) is 0 Å². The molecule has 0 bridgehead atoms. The van der Waals surface area contributed by atoms with Crippen molar-refractivity contribution in [2.24, 2.45) is 0 Å². The van der Waals surface area contributed by atoms with Gasteiger partial charge in [0, 0.05) is 12.2 Å². The van der Waals surface area contributed by atoms with E-state index in [1.807, 2.05) is 19.1 Å². The molecule has 3 nitrogen and oxygen atoms in total. The van der Waals surface area contributed by atoms with Gasteiger partial charge in [-0.3, -0.25) is 0 Å². The maximum Gasteiger partial charge on any atom is 0.319 e. The van der Waals surface area contributed by atoms with Crippen molar-refractivity contribution in [3.8, 4) is 0 Å². The molecule has 2 amide bonds. The molecular weight excluding hydrogens is 152 g/mol. The van der Waals surface area contributed by atoms with Gasteiger partial charge in [0.1, 0.15) is 0 Å². The largest absolute Gasteiger partial charge is 0.334 e. The molecule has 0 aliphatic carbocycles. The maximum absolute atomic E-state index is 10.9. The lowest BCUT2D eigenvalue weighted by molar-refractivity contribution is 0.251. The minimum Gasteiger partial charge on any atom is -0.334 e. The Morgan fingerprint density at radius 2 is 2.25 bits per heavy atom. The van der Waals surface area contributed by atoms with Crippen LogP contribution in [0.4, 0.5) is 10.5 Å². The third-order valence-electron chi connectivity index (χ3n) is 1.95. The highest BCUT2D eigenvalue weighted by molar-refractivity contribution is 5.92. The fourth-order valence-electron chi connectivity index (χ4n) is 1.33. The molecule has 1 aromatic carbocycles. The molecule has 1 aliphatic rings. The van der Waals surface area contributed by atoms with E-state index in [1.165, 1.54) is 5.56 Å². The Hall–Kier alpha value is -1.51. The van der Waals surface area contributed by atoms with Crippen molar-refractivity contribution in [1.82, 2.24) is 5.32 Å². The lowest BCUT2D eigenvalue weighted by Gasteiger charge is -2.18. The number of anilines is 1. The molecule has 0 radical (unpaired) electrons. The number of benzene rings is 1. The Kier molecular flexibility index (Phi) is 1.50. The number of rotatable bonds is 0. The second-order valence-corrected chi connectivity index (χ2v) is 2.97. The normalized spacial score (nSPS) is 14.6. The van der Waals surface area contributed by atoms with Crippen molar-refractivity contribution < 1.29 is 4.79 Å². The molecule has 0 saturated carbocycles. The van der Waals surface area contributed by atoms with Crippen LogP contribution in [0.2, 0.25) is 0 Å². The molecule has 2 N–H and O–H groups in total. The van der Waals surface area contributed by atoms with Crippen molar-refractivity contribution in [3.05, 3.63) is 29.3 Å². The maximum atomic E-state index is 10.9. The number of nitrogens with one attached hydrogen (secondary N) is 2. The molecule has 62 valence electrons. The summed E-state index contributed by atoms with van der Waals surface area (Å²) in [5.41, 5.74) is 3.28. The molecule has 1 aliphatic heterocycles. The Balaban J connectivity index is 2.43. The third kappa shape index (κ3) is 1.13. The van der Waals surface area contributed by atoms with Crippen molar-refractivity contribution in [1.29, 1.82) is 0 Å². The van der Waals surface area contributed by atoms with Gasteiger partial charge in [0.15, 0.2) is 0 Å². The van der Waals surface area contributed by atoms with Gasteiger partial charge in [-0.15, -0.1) is 0 Å². The number of amides is 2. The van der Waals surface area contributed by atoms with Crippen LogP contribution in [0.5, 0.6) is 0 Å². The minimum atomic E-state index is -0.119. The van der Waals surface area contributed by atoms with Crippen LogP contribution < -0.4 is 10.6 Å². The van der Waals surface area contributed by atoms with Crippen molar-refractivity contribution >= 4 is 11.7 Å². The van der Waals surface area contributed by atoms with Crippen molar-refractivity contribution in [3.63, 3.8) is 0 Å². The first kappa shape index (κ1) is 7.16. The molecule has 1 aromatic rings. The number of carbonyl (C=O) groups excluding carboxylic acids is 1. The van der Waals surface area contributed by atoms with E-state index in [4.69, 9.17) is 0 Å². The third-order valence-corrected chi connectivity index (χ3v) is 1.95. The number of hydrogen-bond acceptors (Lipinski definition) is 1. The van der Waals surface area contributed by atoms with E-state index in [1.54, 1.807) is 0 Å². The van der Waals surface area contributed by atoms with Gasteiger partial charge in [-0.05, 0) is 18.6 Å². The standard InChI is InChI=1S/C9H10N2O/c1-6-2-3-8-7(4-6)5-10-9(12)11-8/h2-4H,5H2,1H3,(H2,10,11,12). The minimum absolute atomic E-state index is 0.119. The number of aryl methyl sites for hydroxylation is 1. The summed E-state index contributed by atoms with van der Waals surface area (Å²) < 4.78 is 0. The summed E-state index contributed by atoms with van der Waals surface area (Å²) in [7, 11) is 0. The van der Waals surface area contributed by atoms with E-state index < -0.39 is 0 Å². The highest BCUT2D eigenvalue weighted by atomic mass is 16.2. The highest BCUT2D eigenvalue weighted by Gasteiger charge is 2.12. The predicted octanol–water partition coefficient (Wildman–Crippen LogP) is 1.63. The SMILES string of the molecule is Cc1ccc2c(c1)CNC(=O)N2. The van der Waals surface area contributed by atoms with Gasteiger partial charge >= 0.3 is 6.03 Å². The van der Waals surface area contributed by atoms with E-state index in [2.05, 4.69) is 16.7 Å². The van der Waals surface area contributed by atoms with Gasteiger partial charge in [-0.25, -0.2) is 4.79 Å². The van der Waals surface area contributed by atoms with Gasteiger partial charge in [-0.1, -0.05) is 17.7 Å².